The van der Waals surface area contributed by atoms with Gasteiger partial charge in [0.15, 0.2) is 0 Å². The lowest BCUT2D eigenvalue weighted by molar-refractivity contribution is -0.126. The highest BCUT2D eigenvalue weighted by Gasteiger charge is 2.29. The SMILES string of the molecule is CCCCCNC(=O)C1CCN(C(=O)c2cc(F)cc3nc(C)c(C)nc23)CC1. The average Bonchev–Trinajstić information content (AvgIpc) is 2.71. The molecular weight excluding hydrogens is 371 g/mol. The summed E-state index contributed by atoms with van der Waals surface area (Å²) in [5.41, 5.74) is 2.48. The van der Waals surface area contributed by atoms with Crippen molar-refractivity contribution in [1.29, 1.82) is 0 Å². The summed E-state index contributed by atoms with van der Waals surface area (Å²) < 4.78 is 14.1. The summed E-state index contributed by atoms with van der Waals surface area (Å²) >= 11 is 0. The fourth-order valence-electron chi connectivity index (χ4n) is 3.71. The predicted molar refractivity (Wildman–Crippen MR) is 110 cm³/mol. The van der Waals surface area contributed by atoms with Crippen molar-refractivity contribution in [3.05, 3.63) is 34.9 Å². The van der Waals surface area contributed by atoms with Crippen LogP contribution >= 0.6 is 0 Å². The molecule has 1 aromatic heterocycles. The van der Waals surface area contributed by atoms with E-state index in [9.17, 15) is 14.0 Å². The zero-order chi connectivity index (χ0) is 21.0. The number of halogens is 1. The molecule has 0 aliphatic carbocycles. The lowest BCUT2D eigenvalue weighted by atomic mass is 9.95. The summed E-state index contributed by atoms with van der Waals surface area (Å²) in [6.45, 7) is 7.42. The number of rotatable bonds is 6. The van der Waals surface area contributed by atoms with Gasteiger partial charge in [0.1, 0.15) is 11.3 Å². The fourth-order valence-corrected chi connectivity index (χ4v) is 3.71. The van der Waals surface area contributed by atoms with E-state index < -0.39 is 5.82 Å². The summed E-state index contributed by atoms with van der Waals surface area (Å²) in [5.74, 6) is -0.760. The van der Waals surface area contributed by atoms with Crippen LogP contribution in [-0.2, 0) is 4.79 Å². The summed E-state index contributed by atoms with van der Waals surface area (Å²) in [6.07, 6.45) is 4.45. The van der Waals surface area contributed by atoms with Crippen LogP contribution < -0.4 is 5.32 Å². The van der Waals surface area contributed by atoms with E-state index in [0.717, 1.165) is 25.0 Å². The zero-order valence-corrected chi connectivity index (χ0v) is 17.4. The number of hydrogen-bond donors (Lipinski definition) is 1. The maximum absolute atomic E-state index is 14.1. The van der Waals surface area contributed by atoms with Gasteiger partial charge in [-0.1, -0.05) is 19.8 Å². The Bertz CT molecular complexity index is 907. The van der Waals surface area contributed by atoms with Gasteiger partial charge in [0.05, 0.1) is 22.5 Å². The first-order valence-electron chi connectivity index (χ1n) is 10.4. The van der Waals surface area contributed by atoms with E-state index in [1.54, 1.807) is 4.90 Å². The number of amides is 2. The van der Waals surface area contributed by atoms with Crippen molar-refractivity contribution in [3.8, 4) is 0 Å². The van der Waals surface area contributed by atoms with Crippen LogP contribution in [0.15, 0.2) is 12.1 Å². The molecule has 2 amide bonds. The number of aryl methyl sites for hydroxylation is 2. The molecule has 1 aromatic carbocycles. The maximum Gasteiger partial charge on any atom is 0.256 e. The van der Waals surface area contributed by atoms with Gasteiger partial charge in [-0.2, -0.15) is 0 Å². The molecular formula is C22H29FN4O2. The number of fused-ring (bicyclic) bond motifs is 1. The third-order valence-electron chi connectivity index (χ3n) is 5.61. The molecule has 2 heterocycles. The van der Waals surface area contributed by atoms with E-state index in [0.29, 0.717) is 49.2 Å². The van der Waals surface area contributed by atoms with Gasteiger partial charge in [-0.15, -0.1) is 0 Å². The van der Waals surface area contributed by atoms with Gasteiger partial charge in [-0.05, 0) is 39.2 Å². The number of nitrogens with zero attached hydrogens (tertiary/aromatic N) is 3. The predicted octanol–water partition coefficient (Wildman–Crippen LogP) is 3.54. The molecule has 29 heavy (non-hydrogen) atoms. The zero-order valence-electron chi connectivity index (χ0n) is 17.4. The number of hydrogen-bond acceptors (Lipinski definition) is 4. The van der Waals surface area contributed by atoms with E-state index in [1.807, 2.05) is 13.8 Å². The quantitative estimate of drug-likeness (QED) is 0.753. The first-order valence-corrected chi connectivity index (χ1v) is 10.4. The van der Waals surface area contributed by atoms with Crippen LogP contribution in [0.25, 0.3) is 11.0 Å². The molecule has 156 valence electrons. The van der Waals surface area contributed by atoms with Crippen molar-refractivity contribution in [3.63, 3.8) is 0 Å². The van der Waals surface area contributed by atoms with Gasteiger partial charge in [0.25, 0.3) is 5.91 Å². The van der Waals surface area contributed by atoms with Gasteiger partial charge in [0, 0.05) is 31.6 Å². The molecule has 0 bridgehead atoms. The second kappa shape index (κ2) is 9.29. The van der Waals surface area contributed by atoms with Crippen molar-refractivity contribution in [2.45, 2.75) is 52.9 Å². The number of aromatic nitrogens is 2. The van der Waals surface area contributed by atoms with Crippen LogP contribution in [0.2, 0.25) is 0 Å². The van der Waals surface area contributed by atoms with Crippen molar-refractivity contribution in [2.75, 3.05) is 19.6 Å². The molecule has 1 aliphatic heterocycles. The topological polar surface area (TPSA) is 75.2 Å². The number of piperidine rings is 1. The molecule has 2 aromatic rings. The highest BCUT2D eigenvalue weighted by Crippen LogP contribution is 2.24. The normalized spacial score (nSPS) is 15.0. The number of carbonyl (C=O) groups is 2. The van der Waals surface area contributed by atoms with Gasteiger partial charge >= 0.3 is 0 Å². The minimum Gasteiger partial charge on any atom is -0.356 e. The third-order valence-corrected chi connectivity index (χ3v) is 5.61. The molecule has 3 rings (SSSR count). The van der Waals surface area contributed by atoms with Crippen molar-refractivity contribution in [1.82, 2.24) is 20.2 Å². The first-order chi connectivity index (χ1) is 13.9. The molecule has 1 N–H and O–H groups in total. The molecule has 1 aliphatic rings. The number of unbranched alkanes of at least 4 members (excludes halogenated alkanes) is 2. The molecule has 6 nitrogen and oxygen atoms in total. The summed E-state index contributed by atoms with van der Waals surface area (Å²) in [6, 6.07) is 2.54. The average molecular weight is 400 g/mol. The largest absolute Gasteiger partial charge is 0.356 e. The van der Waals surface area contributed by atoms with Crippen molar-refractivity contribution in [2.24, 2.45) is 5.92 Å². The smallest absolute Gasteiger partial charge is 0.256 e. The summed E-state index contributed by atoms with van der Waals surface area (Å²) in [5, 5.41) is 3.00. The Morgan fingerprint density at radius 2 is 1.83 bits per heavy atom. The van der Waals surface area contributed by atoms with Gasteiger partial charge in [-0.25, -0.2) is 14.4 Å². The Morgan fingerprint density at radius 1 is 1.14 bits per heavy atom. The fraction of sp³-hybridized carbons (Fsp3) is 0.545. The molecule has 0 atom stereocenters. The number of nitrogens with one attached hydrogen (secondary N) is 1. The molecule has 0 radical (unpaired) electrons. The first kappa shape index (κ1) is 21.1. The van der Waals surface area contributed by atoms with Crippen molar-refractivity contribution >= 4 is 22.8 Å². The second-order valence-electron chi connectivity index (χ2n) is 7.78. The lowest BCUT2D eigenvalue weighted by Crippen LogP contribution is -2.43. The van der Waals surface area contributed by atoms with E-state index in [-0.39, 0.29) is 23.3 Å². The highest BCUT2D eigenvalue weighted by molar-refractivity contribution is 6.04. The maximum atomic E-state index is 14.1. The van der Waals surface area contributed by atoms with Crippen molar-refractivity contribution < 1.29 is 14.0 Å². The number of likely N-dealkylation sites (tertiary alicyclic amines) is 1. The Kier molecular flexibility index (Phi) is 6.77. The molecule has 7 heteroatoms. The second-order valence-corrected chi connectivity index (χ2v) is 7.78. The Balaban J connectivity index is 1.68. The standard InChI is InChI=1S/C22H29FN4O2/c1-4-5-6-9-24-21(28)16-7-10-27(11-8-16)22(29)18-12-17(23)13-19-20(18)26-15(3)14(2)25-19/h12-13,16H,4-11H2,1-3H3,(H,24,28). The van der Waals surface area contributed by atoms with Crippen LogP contribution in [0.4, 0.5) is 4.39 Å². The molecule has 1 saturated heterocycles. The summed E-state index contributed by atoms with van der Waals surface area (Å²) in [4.78, 5) is 35.9. The molecule has 0 saturated carbocycles. The Labute approximate surface area is 170 Å². The number of benzene rings is 1. The van der Waals surface area contributed by atoms with E-state index >= 15 is 0 Å². The third kappa shape index (κ3) is 4.89. The van der Waals surface area contributed by atoms with E-state index in [1.165, 1.54) is 12.1 Å². The van der Waals surface area contributed by atoms with Crippen LogP contribution in [0.1, 0.15) is 60.8 Å². The minimum atomic E-state index is -0.500. The number of carbonyl (C=O) groups excluding carboxylic acids is 2. The molecule has 1 fully saturated rings. The van der Waals surface area contributed by atoms with E-state index in [2.05, 4.69) is 22.2 Å². The van der Waals surface area contributed by atoms with Gasteiger partial charge in [-0.3, -0.25) is 9.59 Å². The highest BCUT2D eigenvalue weighted by atomic mass is 19.1. The van der Waals surface area contributed by atoms with Crippen LogP contribution in [0, 0.1) is 25.6 Å². The monoisotopic (exact) mass is 400 g/mol. The Morgan fingerprint density at radius 3 is 2.52 bits per heavy atom. The Hall–Kier alpha value is -2.57. The molecule has 0 unspecified atom stereocenters. The van der Waals surface area contributed by atoms with Crippen LogP contribution in [0.3, 0.4) is 0 Å². The van der Waals surface area contributed by atoms with Crippen LogP contribution in [0.5, 0.6) is 0 Å². The molecule has 0 spiro atoms. The van der Waals surface area contributed by atoms with E-state index in [4.69, 9.17) is 0 Å². The van der Waals surface area contributed by atoms with Gasteiger partial charge < -0.3 is 10.2 Å². The summed E-state index contributed by atoms with van der Waals surface area (Å²) in [7, 11) is 0. The van der Waals surface area contributed by atoms with Crippen LogP contribution in [-0.4, -0.2) is 46.3 Å². The lowest BCUT2D eigenvalue weighted by Gasteiger charge is -2.31. The van der Waals surface area contributed by atoms with Gasteiger partial charge in [0.2, 0.25) is 5.91 Å². The minimum absolute atomic E-state index is 0.0707.